The van der Waals surface area contributed by atoms with Gasteiger partial charge in [-0.25, -0.2) is 4.90 Å². The molecule has 0 aliphatic carbocycles. The van der Waals surface area contributed by atoms with Crippen LogP contribution in [0.3, 0.4) is 0 Å². The lowest BCUT2D eigenvalue weighted by atomic mass is 9.68. The van der Waals surface area contributed by atoms with Crippen molar-refractivity contribution in [3.63, 3.8) is 0 Å². The summed E-state index contributed by atoms with van der Waals surface area (Å²) in [5, 5.41) is 0. The van der Waals surface area contributed by atoms with Crippen LogP contribution in [0.1, 0.15) is 93.9 Å². The molecule has 0 radical (unpaired) electrons. The summed E-state index contributed by atoms with van der Waals surface area (Å²) in [7, 11) is 2.58. The summed E-state index contributed by atoms with van der Waals surface area (Å²) in [6.07, 6.45) is 7.63. The lowest BCUT2D eigenvalue weighted by Gasteiger charge is -2.56. The Morgan fingerprint density at radius 3 is 1.36 bits per heavy atom. The average Bonchev–Trinajstić information content (AvgIpc) is 2.73. The number of quaternary nitrogens is 1. The molecule has 0 aromatic carbocycles. The second kappa shape index (κ2) is 6.81. The number of rotatable bonds is 8. The van der Waals surface area contributed by atoms with Gasteiger partial charge >= 0.3 is 0 Å². The summed E-state index contributed by atoms with van der Waals surface area (Å²) in [5.41, 5.74) is 0.997. The molecule has 2 heteroatoms. The van der Waals surface area contributed by atoms with E-state index in [0.717, 1.165) is 0 Å². The van der Waals surface area contributed by atoms with E-state index in [2.05, 4.69) is 67.3 Å². The average molecular weight is 312 g/mol. The first-order valence-corrected chi connectivity index (χ1v) is 10.0. The highest BCUT2D eigenvalue weighted by atomic mass is 15.6. The van der Waals surface area contributed by atoms with E-state index < -0.39 is 0 Å². The van der Waals surface area contributed by atoms with Gasteiger partial charge in [0, 0.05) is 32.2 Å². The standard InChI is InChI=1S/C20H43N2/c1-10-18(11-2)19(12-3,13-4)22(9,17-8)20(14-5,15-6)21(18)16-7/h10-17H2,1-9H3/q+1. The van der Waals surface area contributed by atoms with Crippen molar-refractivity contribution in [3.05, 3.63) is 0 Å². The van der Waals surface area contributed by atoms with E-state index in [4.69, 9.17) is 0 Å². The van der Waals surface area contributed by atoms with Gasteiger partial charge < -0.3 is 4.48 Å². The normalized spacial score (nSPS) is 29.9. The Morgan fingerprint density at radius 1 is 0.682 bits per heavy atom. The van der Waals surface area contributed by atoms with Crippen LogP contribution in [0.4, 0.5) is 0 Å². The zero-order valence-corrected chi connectivity index (χ0v) is 17.1. The maximum Gasteiger partial charge on any atom is 0.155 e. The van der Waals surface area contributed by atoms with E-state index in [9.17, 15) is 0 Å². The van der Waals surface area contributed by atoms with E-state index in [1.165, 1.54) is 56.1 Å². The molecule has 0 bridgehead atoms. The minimum absolute atomic E-state index is 0.293. The van der Waals surface area contributed by atoms with Crippen LogP contribution in [0, 0.1) is 0 Å². The van der Waals surface area contributed by atoms with Crippen LogP contribution in [0.2, 0.25) is 0 Å². The Hall–Kier alpha value is -0.0800. The van der Waals surface area contributed by atoms with Gasteiger partial charge in [0.25, 0.3) is 0 Å². The smallest absolute Gasteiger partial charge is 0.155 e. The minimum atomic E-state index is 0.293. The first-order chi connectivity index (χ1) is 10.4. The minimum Gasteiger partial charge on any atom is -0.302 e. The molecule has 22 heavy (non-hydrogen) atoms. The second-order valence-electron chi connectivity index (χ2n) is 7.42. The molecule has 1 atom stereocenters. The van der Waals surface area contributed by atoms with E-state index in [-0.39, 0.29) is 0 Å². The molecular weight excluding hydrogens is 268 g/mol. The molecule has 1 saturated heterocycles. The summed E-state index contributed by atoms with van der Waals surface area (Å²) >= 11 is 0. The molecule has 0 spiro atoms. The third kappa shape index (κ3) is 1.86. The number of likely N-dealkylation sites (N-methyl/N-ethyl adjacent to an activating group) is 2. The molecule has 0 amide bonds. The number of hydrogen-bond donors (Lipinski definition) is 0. The molecule has 2 nitrogen and oxygen atoms in total. The lowest BCUT2D eigenvalue weighted by Crippen LogP contribution is -2.70. The van der Waals surface area contributed by atoms with Gasteiger partial charge in [-0.1, -0.05) is 48.5 Å². The van der Waals surface area contributed by atoms with Crippen molar-refractivity contribution in [3.8, 4) is 0 Å². The van der Waals surface area contributed by atoms with E-state index in [1.807, 2.05) is 0 Å². The molecule has 0 N–H and O–H groups in total. The molecule has 1 heterocycles. The first kappa shape index (κ1) is 20.0. The van der Waals surface area contributed by atoms with Crippen LogP contribution in [-0.4, -0.2) is 46.3 Å². The number of hydrogen-bond acceptors (Lipinski definition) is 1. The van der Waals surface area contributed by atoms with Crippen molar-refractivity contribution in [2.45, 2.75) is 111 Å². The van der Waals surface area contributed by atoms with Crippen LogP contribution in [-0.2, 0) is 0 Å². The van der Waals surface area contributed by atoms with Crippen molar-refractivity contribution < 1.29 is 4.48 Å². The van der Waals surface area contributed by atoms with Gasteiger partial charge in [0.1, 0.15) is 5.54 Å². The summed E-state index contributed by atoms with van der Waals surface area (Å²) in [6, 6.07) is 0. The molecule has 0 aromatic heterocycles. The molecule has 0 aromatic rings. The Kier molecular flexibility index (Phi) is 6.18. The molecule has 1 fully saturated rings. The first-order valence-electron chi connectivity index (χ1n) is 10.0. The maximum absolute atomic E-state index is 2.95. The van der Waals surface area contributed by atoms with Crippen molar-refractivity contribution in [1.82, 2.24) is 4.90 Å². The fourth-order valence-electron chi connectivity index (χ4n) is 7.19. The molecule has 1 aliphatic heterocycles. The highest BCUT2D eigenvalue weighted by Crippen LogP contribution is 2.61. The van der Waals surface area contributed by atoms with Gasteiger partial charge in [-0.3, -0.25) is 0 Å². The third-order valence-corrected chi connectivity index (χ3v) is 8.17. The predicted octanol–water partition coefficient (Wildman–Crippen LogP) is 5.42. The van der Waals surface area contributed by atoms with E-state index in [1.54, 1.807) is 0 Å². The largest absolute Gasteiger partial charge is 0.302 e. The molecule has 1 rings (SSSR count). The fourth-order valence-corrected chi connectivity index (χ4v) is 7.19. The molecule has 1 unspecified atom stereocenters. The van der Waals surface area contributed by atoms with Crippen molar-refractivity contribution in [2.24, 2.45) is 0 Å². The van der Waals surface area contributed by atoms with Gasteiger partial charge in [-0.05, 0) is 19.8 Å². The van der Waals surface area contributed by atoms with Gasteiger partial charge in [0.05, 0.1) is 19.1 Å². The monoisotopic (exact) mass is 311 g/mol. The molecule has 0 saturated carbocycles. The molecule has 1 aliphatic rings. The number of nitrogens with zero attached hydrogens (tertiary/aromatic N) is 2. The summed E-state index contributed by atoms with van der Waals surface area (Å²) in [6.45, 7) is 21.9. The van der Waals surface area contributed by atoms with Gasteiger partial charge in [0.2, 0.25) is 0 Å². The van der Waals surface area contributed by atoms with Crippen LogP contribution in [0.5, 0.6) is 0 Å². The predicted molar refractivity (Wildman–Crippen MR) is 99.0 cm³/mol. The molecular formula is C20H43N2+. The topological polar surface area (TPSA) is 3.24 Å². The van der Waals surface area contributed by atoms with Gasteiger partial charge in [0.15, 0.2) is 5.66 Å². The SMILES string of the molecule is CCN1C(CC)(CC)C(CC)(CC)[N+](C)(CC)C1(CC)CC. The van der Waals surface area contributed by atoms with E-state index in [0.29, 0.717) is 16.7 Å². The highest BCUT2D eigenvalue weighted by molar-refractivity contribution is 5.15. The Labute approximate surface area is 140 Å². The summed E-state index contributed by atoms with van der Waals surface area (Å²) in [5.74, 6) is 0. The zero-order chi connectivity index (χ0) is 17.2. The Balaban J connectivity index is 3.85. The van der Waals surface area contributed by atoms with Gasteiger partial charge in [-0.15, -0.1) is 0 Å². The van der Waals surface area contributed by atoms with Gasteiger partial charge in [-0.2, -0.15) is 0 Å². The van der Waals surface area contributed by atoms with Crippen molar-refractivity contribution >= 4 is 0 Å². The highest BCUT2D eigenvalue weighted by Gasteiger charge is 2.75. The molecule has 132 valence electrons. The third-order valence-electron chi connectivity index (χ3n) is 8.17. The van der Waals surface area contributed by atoms with Crippen LogP contribution < -0.4 is 0 Å². The summed E-state index contributed by atoms with van der Waals surface area (Å²) < 4.78 is 1.23. The zero-order valence-electron chi connectivity index (χ0n) is 17.1. The van der Waals surface area contributed by atoms with Crippen molar-refractivity contribution in [1.29, 1.82) is 0 Å². The second-order valence-corrected chi connectivity index (χ2v) is 7.42. The quantitative estimate of drug-likeness (QED) is 0.541. The van der Waals surface area contributed by atoms with E-state index >= 15 is 0 Å². The Morgan fingerprint density at radius 2 is 1.14 bits per heavy atom. The Bertz CT molecular complexity index is 341. The fraction of sp³-hybridized carbons (Fsp3) is 1.00. The van der Waals surface area contributed by atoms with Crippen LogP contribution in [0.15, 0.2) is 0 Å². The van der Waals surface area contributed by atoms with Crippen LogP contribution >= 0.6 is 0 Å². The maximum atomic E-state index is 2.95. The summed E-state index contributed by atoms with van der Waals surface area (Å²) in [4.78, 5) is 2.95. The van der Waals surface area contributed by atoms with Crippen molar-refractivity contribution in [2.75, 3.05) is 20.1 Å². The lowest BCUT2D eigenvalue weighted by molar-refractivity contribution is -0.997. The van der Waals surface area contributed by atoms with Crippen LogP contribution in [0.25, 0.3) is 0 Å².